The molecule has 1 amide bonds. The van der Waals surface area contributed by atoms with Crippen LogP contribution in [0.5, 0.6) is 0 Å². The second-order valence-corrected chi connectivity index (χ2v) is 14.5. The number of hydrogen-bond donors (Lipinski definition) is 1. The third-order valence-electron chi connectivity index (χ3n) is 8.45. The van der Waals surface area contributed by atoms with Crippen LogP contribution >= 0.6 is 11.3 Å². The van der Waals surface area contributed by atoms with Crippen LogP contribution in [0.15, 0.2) is 42.5 Å². The number of nitrogens with one attached hydrogen (secondary N) is 1. The van der Waals surface area contributed by atoms with Crippen LogP contribution in [-0.4, -0.2) is 49.4 Å². The van der Waals surface area contributed by atoms with Gasteiger partial charge in [-0.1, -0.05) is 31.0 Å². The van der Waals surface area contributed by atoms with E-state index in [0.29, 0.717) is 43.1 Å². The van der Waals surface area contributed by atoms with Crippen LogP contribution in [0.1, 0.15) is 50.1 Å². The highest BCUT2D eigenvalue weighted by Crippen LogP contribution is 2.47. The Kier molecular flexibility index (Phi) is 7.32. The predicted octanol–water partition coefficient (Wildman–Crippen LogP) is 5.44. The van der Waals surface area contributed by atoms with Crippen LogP contribution in [0.4, 0.5) is 14.5 Å². The number of thiazole rings is 1. The average Bonchev–Trinajstić information content (AvgIpc) is 3.61. The molecule has 0 bridgehead atoms. The van der Waals surface area contributed by atoms with Gasteiger partial charge >= 0.3 is 0 Å². The molecule has 2 aliphatic carbocycles. The van der Waals surface area contributed by atoms with E-state index in [9.17, 15) is 27.3 Å². The number of aromatic nitrogens is 1. The highest BCUT2D eigenvalue weighted by atomic mass is 32.2. The van der Waals surface area contributed by atoms with E-state index in [0.717, 1.165) is 41.5 Å². The number of rotatable bonds is 6. The molecule has 6 rings (SSSR count). The largest absolute Gasteiger partial charge is 0.369 e. The quantitative estimate of drug-likeness (QED) is 0.407. The zero-order valence-corrected chi connectivity index (χ0v) is 24.0. The van der Waals surface area contributed by atoms with Crippen molar-refractivity contribution in [2.75, 3.05) is 29.5 Å². The molecule has 7 nitrogen and oxygen atoms in total. The highest BCUT2D eigenvalue weighted by Gasteiger charge is 2.47. The molecule has 1 aliphatic heterocycles. The van der Waals surface area contributed by atoms with Gasteiger partial charge in [0.25, 0.3) is 0 Å². The third-order valence-corrected chi connectivity index (χ3v) is 11.2. The fourth-order valence-electron chi connectivity index (χ4n) is 5.86. The lowest BCUT2D eigenvalue weighted by Crippen LogP contribution is -2.42. The minimum atomic E-state index is -3.00. The van der Waals surface area contributed by atoms with Crippen molar-refractivity contribution in [3.05, 3.63) is 59.8 Å². The number of benzene rings is 2. The summed E-state index contributed by atoms with van der Waals surface area (Å²) in [6, 6.07) is 14.0. The van der Waals surface area contributed by atoms with Crippen molar-refractivity contribution in [1.29, 1.82) is 5.26 Å². The van der Waals surface area contributed by atoms with E-state index in [-0.39, 0.29) is 34.8 Å². The van der Waals surface area contributed by atoms with Crippen molar-refractivity contribution in [2.24, 2.45) is 5.92 Å². The van der Waals surface area contributed by atoms with Crippen molar-refractivity contribution in [2.45, 2.75) is 50.0 Å². The normalized spacial score (nSPS) is 23.0. The second-order valence-electron chi connectivity index (χ2n) is 11.2. The van der Waals surface area contributed by atoms with Crippen molar-refractivity contribution in [1.82, 2.24) is 10.3 Å². The Morgan fingerprint density at radius 3 is 2.46 bits per heavy atom. The molecule has 0 spiro atoms. The minimum absolute atomic E-state index is 0.0758. The first-order valence-corrected chi connectivity index (χ1v) is 16.6. The van der Waals surface area contributed by atoms with E-state index in [1.54, 1.807) is 0 Å². The molecule has 0 unspecified atom stereocenters. The van der Waals surface area contributed by atoms with Crippen LogP contribution in [0.25, 0.3) is 21.0 Å². The number of carbonyl (C=O) groups excluding carboxylic acids is 1. The molecule has 2 atom stereocenters. The molecule has 2 aromatic carbocycles. The Morgan fingerprint density at radius 2 is 1.78 bits per heavy atom. The molecule has 2 heterocycles. The molecule has 11 heteroatoms. The van der Waals surface area contributed by atoms with Gasteiger partial charge in [0.1, 0.15) is 10.5 Å². The number of nitrogens with zero attached hydrogens (tertiary/aromatic N) is 3. The molecule has 214 valence electrons. The summed E-state index contributed by atoms with van der Waals surface area (Å²) in [5.74, 6) is -2.44. The zero-order valence-electron chi connectivity index (χ0n) is 22.4. The Morgan fingerprint density at radius 1 is 1.07 bits per heavy atom. The van der Waals surface area contributed by atoms with Gasteiger partial charge in [-0.25, -0.2) is 22.2 Å². The Hall–Kier alpha value is -3.36. The Bertz CT molecular complexity index is 1610. The van der Waals surface area contributed by atoms with Crippen LogP contribution in [0.3, 0.4) is 0 Å². The third kappa shape index (κ3) is 5.60. The zero-order chi connectivity index (χ0) is 28.8. The number of halogens is 2. The molecule has 3 fully saturated rings. The number of anilines is 1. The molecule has 0 radical (unpaired) electrons. The number of hydrogen-bond acceptors (Lipinski definition) is 7. The highest BCUT2D eigenvalue weighted by molar-refractivity contribution is 7.91. The van der Waals surface area contributed by atoms with Gasteiger partial charge in [0.15, 0.2) is 21.5 Å². The molecule has 3 aliphatic rings. The summed E-state index contributed by atoms with van der Waals surface area (Å²) in [5, 5.41) is 12.8. The van der Waals surface area contributed by atoms with E-state index in [2.05, 4.69) is 11.4 Å². The lowest BCUT2D eigenvalue weighted by molar-refractivity contribution is -0.127. The smallest absolute Gasteiger partial charge is 0.225 e. The van der Waals surface area contributed by atoms with Crippen molar-refractivity contribution >= 4 is 32.8 Å². The maximum absolute atomic E-state index is 14.9. The molecular formula is C30H30F2N4O3S2. The summed E-state index contributed by atoms with van der Waals surface area (Å²) in [6.45, 7) is 0.860. The second kappa shape index (κ2) is 10.8. The number of sulfone groups is 1. The maximum atomic E-state index is 14.9. The fourth-order valence-corrected chi connectivity index (χ4v) is 8.22. The van der Waals surface area contributed by atoms with Crippen LogP contribution in [0.2, 0.25) is 0 Å². The molecule has 41 heavy (non-hydrogen) atoms. The van der Waals surface area contributed by atoms with Crippen molar-refractivity contribution < 1.29 is 22.0 Å². The summed E-state index contributed by atoms with van der Waals surface area (Å²) in [5.41, 5.74) is 1.74. The molecule has 1 saturated heterocycles. The molecule has 2 saturated carbocycles. The first-order valence-electron chi connectivity index (χ1n) is 13.9. The van der Waals surface area contributed by atoms with E-state index in [1.807, 2.05) is 29.2 Å². The lowest BCUT2D eigenvalue weighted by Gasteiger charge is -2.31. The summed E-state index contributed by atoms with van der Waals surface area (Å²) in [4.78, 5) is 21.1. The van der Waals surface area contributed by atoms with Crippen LogP contribution in [0, 0.1) is 28.9 Å². The number of nitriles is 1. The minimum Gasteiger partial charge on any atom is -0.369 e. The van der Waals surface area contributed by atoms with Crippen molar-refractivity contribution in [3.63, 3.8) is 0 Å². The van der Waals surface area contributed by atoms with Gasteiger partial charge in [-0.3, -0.25) is 4.79 Å². The average molecular weight is 597 g/mol. The summed E-state index contributed by atoms with van der Waals surface area (Å²) in [7, 11) is -3.00. The van der Waals surface area contributed by atoms with Crippen LogP contribution in [-0.2, 0) is 14.6 Å². The Labute approximate surface area is 242 Å². The summed E-state index contributed by atoms with van der Waals surface area (Å²) < 4.78 is 52.8. The summed E-state index contributed by atoms with van der Waals surface area (Å²) in [6.07, 6.45) is 4.48. The molecule has 3 aromatic rings. The Balaban J connectivity index is 1.37. The van der Waals surface area contributed by atoms with E-state index in [1.165, 1.54) is 23.5 Å². The van der Waals surface area contributed by atoms with Crippen LogP contribution < -0.4 is 10.2 Å². The van der Waals surface area contributed by atoms with Gasteiger partial charge in [0, 0.05) is 36.2 Å². The maximum Gasteiger partial charge on any atom is 0.225 e. The predicted molar refractivity (Wildman–Crippen MR) is 154 cm³/mol. The SMILES string of the molecule is N#CC1(NC(=O)[C@@H]2CCCC[C@H]2c2nc(-c3cccc(F)c3F)sc2-c2ccc(N3CCS(=O)(=O)CC3)cc2)CC1. The monoisotopic (exact) mass is 596 g/mol. The standard InChI is InChI=1S/C30H30F2N4O3S2/c31-24-7-3-6-23(25(24)32)29-34-26(21-4-1-2-5-22(21)28(37)35-30(18-33)12-13-30)27(40-29)19-8-10-20(11-9-19)36-14-16-41(38,39)17-15-36/h3,6-11,21-22H,1-2,4-5,12-17H2,(H,35,37)/t21-,22-/m1/s1. The topological polar surface area (TPSA) is 103 Å². The number of amides is 1. The van der Waals surface area contributed by atoms with Gasteiger partial charge in [0.2, 0.25) is 5.91 Å². The van der Waals surface area contributed by atoms with Crippen molar-refractivity contribution in [3.8, 4) is 27.1 Å². The first-order chi connectivity index (χ1) is 19.7. The van der Waals surface area contributed by atoms with Gasteiger partial charge in [-0.2, -0.15) is 5.26 Å². The number of carbonyl (C=O) groups is 1. The first kappa shape index (κ1) is 27.8. The van der Waals surface area contributed by atoms with E-state index < -0.39 is 27.0 Å². The summed E-state index contributed by atoms with van der Waals surface area (Å²) >= 11 is 1.27. The molecular weight excluding hydrogens is 566 g/mol. The van der Waals surface area contributed by atoms with Gasteiger partial charge in [0.05, 0.1) is 28.1 Å². The molecule has 1 N–H and O–H groups in total. The van der Waals surface area contributed by atoms with E-state index >= 15 is 0 Å². The lowest BCUT2D eigenvalue weighted by atomic mass is 9.76. The van der Waals surface area contributed by atoms with Gasteiger partial charge in [-0.05, 0) is 55.5 Å². The molecule has 1 aromatic heterocycles. The van der Waals surface area contributed by atoms with E-state index in [4.69, 9.17) is 4.98 Å². The van der Waals surface area contributed by atoms with Gasteiger partial charge < -0.3 is 10.2 Å². The van der Waals surface area contributed by atoms with Gasteiger partial charge in [-0.15, -0.1) is 11.3 Å². The fraction of sp³-hybridized carbons (Fsp3) is 0.433.